The molecule has 4 nitrogen and oxygen atoms in total. The van der Waals surface area contributed by atoms with E-state index in [1.165, 1.54) is 0 Å². The van der Waals surface area contributed by atoms with Crippen molar-refractivity contribution in [3.63, 3.8) is 0 Å². The van der Waals surface area contributed by atoms with Crippen LogP contribution in [0.5, 0.6) is 0 Å². The van der Waals surface area contributed by atoms with Crippen molar-refractivity contribution in [2.75, 3.05) is 5.75 Å². The van der Waals surface area contributed by atoms with Gasteiger partial charge in [0.15, 0.2) is 5.17 Å². The summed E-state index contributed by atoms with van der Waals surface area (Å²) >= 11 is 5.32. The maximum Gasteiger partial charge on any atom is 0.260 e. The maximum absolute atomic E-state index is 11.4. The van der Waals surface area contributed by atoms with Gasteiger partial charge < -0.3 is 5.73 Å². The van der Waals surface area contributed by atoms with Gasteiger partial charge in [-0.15, -0.1) is 0 Å². The molecule has 0 spiro atoms. The minimum atomic E-state index is -0.286. The van der Waals surface area contributed by atoms with E-state index in [0.717, 1.165) is 17.7 Å². The van der Waals surface area contributed by atoms with Gasteiger partial charge in [0.05, 0.1) is 5.54 Å². The maximum atomic E-state index is 11.4. The Morgan fingerprint density at radius 3 is 2.72 bits per heavy atom. The smallest absolute Gasteiger partial charge is 0.260 e. The third-order valence-corrected chi connectivity index (χ3v) is 4.06. The summed E-state index contributed by atoms with van der Waals surface area (Å²) in [4.78, 5) is 15.9. The number of thiol groups is 1. The summed E-state index contributed by atoms with van der Waals surface area (Å²) in [6, 6.07) is 7.40. The molecule has 1 aromatic rings. The molecule has 1 amide bonds. The number of carbonyl (C=O) groups excluding carboxylic acids is 1. The van der Waals surface area contributed by atoms with Crippen LogP contribution in [0.15, 0.2) is 29.3 Å². The highest BCUT2D eigenvalue weighted by molar-refractivity contribution is 8.13. The van der Waals surface area contributed by atoms with Crippen molar-refractivity contribution in [3.8, 4) is 0 Å². The quantitative estimate of drug-likeness (QED) is 0.726. The van der Waals surface area contributed by atoms with Crippen LogP contribution in [0.1, 0.15) is 29.3 Å². The Hall–Kier alpha value is -1.14. The number of thioether (sulfide) groups is 1. The van der Waals surface area contributed by atoms with Crippen LogP contribution in [0, 0.1) is 0 Å². The van der Waals surface area contributed by atoms with Gasteiger partial charge in [0.2, 0.25) is 0 Å². The van der Waals surface area contributed by atoms with Gasteiger partial charge in [0, 0.05) is 11.3 Å². The van der Waals surface area contributed by atoms with Crippen LogP contribution < -0.4 is 10.5 Å². The second-order valence-electron chi connectivity index (χ2n) is 4.34. The fourth-order valence-corrected chi connectivity index (χ4v) is 3.04. The molecule has 3 N–H and O–H groups in total. The zero-order valence-corrected chi connectivity index (χ0v) is 11.7. The zero-order valence-electron chi connectivity index (χ0n) is 10.0. The largest absolute Gasteiger partial charge is 0.379 e. The second-order valence-corrected chi connectivity index (χ2v) is 5.68. The van der Waals surface area contributed by atoms with Crippen molar-refractivity contribution in [1.82, 2.24) is 4.72 Å². The third kappa shape index (κ3) is 2.64. The van der Waals surface area contributed by atoms with Gasteiger partial charge in [-0.3, -0.25) is 14.5 Å². The van der Waals surface area contributed by atoms with E-state index in [1.54, 1.807) is 23.9 Å². The van der Waals surface area contributed by atoms with Crippen molar-refractivity contribution in [2.45, 2.75) is 18.9 Å². The summed E-state index contributed by atoms with van der Waals surface area (Å²) < 4.78 is 2.30. The lowest BCUT2D eigenvalue weighted by Gasteiger charge is -2.29. The minimum absolute atomic E-state index is 0.211. The summed E-state index contributed by atoms with van der Waals surface area (Å²) in [5.74, 6) is 0.752. The summed E-state index contributed by atoms with van der Waals surface area (Å²) in [5.41, 5.74) is 7.15. The summed E-state index contributed by atoms with van der Waals surface area (Å²) in [6.07, 6.45) is 0.941. The van der Waals surface area contributed by atoms with Gasteiger partial charge >= 0.3 is 0 Å². The second kappa shape index (κ2) is 5.24. The molecule has 1 aromatic carbocycles. The average molecular weight is 281 g/mol. The Balaban J connectivity index is 2.29. The lowest BCUT2D eigenvalue weighted by Crippen LogP contribution is -2.28. The van der Waals surface area contributed by atoms with Crippen LogP contribution >= 0.6 is 24.6 Å². The molecule has 0 aromatic heterocycles. The molecule has 0 saturated heterocycles. The van der Waals surface area contributed by atoms with Crippen LogP contribution in [-0.2, 0) is 5.54 Å². The van der Waals surface area contributed by atoms with Crippen LogP contribution in [0.2, 0.25) is 0 Å². The molecular weight excluding hydrogens is 266 g/mol. The van der Waals surface area contributed by atoms with Crippen molar-refractivity contribution in [3.05, 3.63) is 35.4 Å². The van der Waals surface area contributed by atoms with E-state index in [4.69, 9.17) is 5.73 Å². The molecule has 0 aliphatic carbocycles. The average Bonchev–Trinajstić information content (AvgIpc) is 2.38. The number of rotatable bonds is 2. The number of hydrogen-bond donors (Lipinski definition) is 3. The summed E-state index contributed by atoms with van der Waals surface area (Å²) in [5, 5.41) is 0.626. The SMILES string of the molecule is CC1(c2ccc(C(=O)NS)cc2)CCSC(N)=N1. The van der Waals surface area contributed by atoms with Crippen molar-refractivity contribution < 1.29 is 4.79 Å². The van der Waals surface area contributed by atoms with Crippen molar-refractivity contribution in [2.24, 2.45) is 10.7 Å². The number of nitrogens with one attached hydrogen (secondary N) is 1. The lowest BCUT2D eigenvalue weighted by atomic mass is 9.89. The molecule has 2 rings (SSSR count). The number of nitrogens with zero attached hydrogens (tertiary/aromatic N) is 1. The molecule has 0 radical (unpaired) electrons. The number of amides is 1. The van der Waals surface area contributed by atoms with Crippen LogP contribution in [0.4, 0.5) is 0 Å². The lowest BCUT2D eigenvalue weighted by molar-refractivity contribution is 0.0985. The van der Waals surface area contributed by atoms with E-state index in [1.807, 2.05) is 12.1 Å². The molecule has 0 bridgehead atoms. The van der Waals surface area contributed by atoms with Gasteiger partial charge in [0.1, 0.15) is 0 Å². The standard InChI is InChI=1S/C12H15N3OS2/c1-12(6-7-18-11(13)14-12)9-4-2-8(3-5-9)10(16)15-17/h2-5,17H,6-7H2,1H3,(H2,13,14)(H,15,16). The predicted molar refractivity (Wildman–Crippen MR) is 78.9 cm³/mol. The molecule has 1 aliphatic heterocycles. The molecule has 1 unspecified atom stereocenters. The van der Waals surface area contributed by atoms with E-state index < -0.39 is 0 Å². The van der Waals surface area contributed by atoms with E-state index in [-0.39, 0.29) is 11.4 Å². The number of benzene rings is 1. The van der Waals surface area contributed by atoms with Crippen molar-refractivity contribution >= 4 is 35.7 Å². The molecule has 0 saturated carbocycles. The summed E-state index contributed by atoms with van der Waals surface area (Å²) in [6.45, 7) is 2.06. The zero-order chi connectivity index (χ0) is 13.2. The van der Waals surface area contributed by atoms with Crippen molar-refractivity contribution in [1.29, 1.82) is 0 Å². The predicted octanol–water partition coefficient (Wildman–Crippen LogP) is 1.93. The normalized spacial score (nSPS) is 23.3. The molecule has 0 fully saturated rings. The first-order chi connectivity index (χ1) is 8.55. The fraction of sp³-hybridized carbons (Fsp3) is 0.333. The molecule has 1 heterocycles. The fourth-order valence-electron chi connectivity index (χ4n) is 1.94. The van der Waals surface area contributed by atoms with Crippen LogP contribution in [-0.4, -0.2) is 16.8 Å². The number of nitrogens with two attached hydrogens (primary N) is 1. The van der Waals surface area contributed by atoms with E-state index in [9.17, 15) is 4.79 Å². The molecule has 18 heavy (non-hydrogen) atoms. The van der Waals surface area contributed by atoms with E-state index >= 15 is 0 Å². The highest BCUT2D eigenvalue weighted by Crippen LogP contribution is 2.34. The first kappa shape index (κ1) is 13.3. The van der Waals surface area contributed by atoms with E-state index in [2.05, 4.69) is 29.5 Å². The van der Waals surface area contributed by atoms with Crippen LogP contribution in [0.25, 0.3) is 0 Å². The number of aliphatic imine (C=N–C) groups is 1. The Morgan fingerprint density at radius 1 is 1.50 bits per heavy atom. The summed E-state index contributed by atoms with van der Waals surface area (Å²) in [7, 11) is 0. The Morgan fingerprint density at radius 2 is 2.17 bits per heavy atom. The highest BCUT2D eigenvalue weighted by Gasteiger charge is 2.29. The topological polar surface area (TPSA) is 67.5 Å². The van der Waals surface area contributed by atoms with E-state index in [0.29, 0.717) is 10.7 Å². The Kier molecular flexibility index (Phi) is 3.87. The van der Waals surface area contributed by atoms with Gasteiger partial charge in [-0.25, -0.2) is 0 Å². The minimum Gasteiger partial charge on any atom is -0.379 e. The Labute approximate surface area is 116 Å². The molecule has 1 atom stereocenters. The third-order valence-electron chi connectivity index (χ3n) is 3.07. The van der Waals surface area contributed by atoms with Gasteiger partial charge in [-0.2, -0.15) is 0 Å². The van der Waals surface area contributed by atoms with Gasteiger partial charge in [-0.1, -0.05) is 36.7 Å². The Bertz CT molecular complexity index is 487. The number of hydrogen-bond acceptors (Lipinski definition) is 5. The van der Waals surface area contributed by atoms with Gasteiger partial charge in [0.25, 0.3) is 5.91 Å². The molecular formula is C12H15N3OS2. The first-order valence-electron chi connectivity index (χ1n) is 5.58. The monoisotopic (exact) mass is 281 g/mol. The molecule has 96 valence electrons. The number of carbonyl (C=O) groups is 1. The van der Waals surface area contributed by atoms with Gasteiger partial charge in [-0.05, 0) is 31.0 Å². The highest BCUT2D eigenvalue weighted by atomic mass is 32.2. The first-order valence-corrected chi connectivity index (χ1v) is 7.01. The molecule has 6 heteroatoms. The number of amidine groups is 1. The van der Waals surface area contributed by atoms with Crippen LogP contribution in [0.3, 0.4) is 0 Å². The molecule has 1 aliphatic rings.